The van der Waals surface area contributed by atoms with E-state index in [0.717, 1.165) is 46.5 Å². The number of amidine groups is 1. The number of amides is 2. The molecule has 0 spiro atoms. The maximum Gasteiger partial charge on any atom is 0.289 e. The first-order valence-corrected chi connectivity index (χ1v) is 13.8. The van der Waals surface area contributed by atoms with Crippen LogP contribution < -0.4 is 20.5 Å². The number of fused-ring (bicyclic) bond motifs is 2. The predicted molar refractivity (Wildman–Crippen MR) is 147 cm³/mol. The number of anilines is 1. The van der Waals surface area contributed by atoms with Gasteiger partial charge >= 0.3 is 0 Å². The van der Waals surface area contributed by atoms with E-state index >= 15 is 0 Å². The average Bonchev–Trinajstić information content (AvgIpc) is 3.64. The Bertz CT molecular complexity index is 1340. The zero-order chi connectivity index (χ0) is 26.5. The van der Waals surface area contributed by atoms with Crippen molar-refractivity contribution in [2.45, 2.75) is 50.7 Å². The van der Waals surface area contributed by atoms with Gasteiger partial charge in [-0.2, -0.15) is 4.99 Å². The molecule has 3 heterocycles. The van der Waals surface area contributed by atoms with E-state index in [1.54, 1.807) is 0 Å². The highest BCUT2D eigenvalue weighted by Crippen LogP contribution is 2.30. The number of hydrogen-bond acceptors (Lipinski definition) is 9. The third-order valence-electron chi connectivity index (χ3n) is 6.05. The van der Waals surface area contributed by atoms with Gasteiger partial charge in [0, 0.05) is 19.3 Å². The SMILES string of the molecule is N=C(CCCCc1nnc(NC(=O)C2Cc3ccccc3O2)s1)SC(N)=NC(=O)C1Cc2ccccc2O1. The van der Waals surface area contributed by atoms with Crippen molar-refractivity contribution in [3.8, 4) is 11.5 Å². The molecule has 4 N–H and O–H groups in total. The molecule has 12 heteroatoms. The molecule has 3 aromatic rings. The molecule has 196 valence electrons. The molecule has 0 radical (unpaired) electrons. The molecule has 5 rings (SSSR count). The van der Waals surface area contributed by atoms with Crippen molar-refractivity contribution in [1.82, 2.24) is 10.2 Å². The van der Waals surface area contributed by atoms with E-state index in [1.165, 1.54) is 11.3 Å². The van der Waals surface area contributed by atoms with Gasteiger partial charge in [-0.1, -0.05) is 47.7 Å². The summed E-state index contributed by atoms with van der Waals surface area (Å²) in [6, 6.07) is 15.1. The van der Waals surface area contributed by atoms with Crippen LogP contribution in [-0.2, 0) is 28.9 Å². The molecular weight excluding hydrogens is 524 g/mol. The first-order chi connectivity index (χ1) is 18.4. The molecule has 2 unspecified atom stereocenters. The number of nitrogens with two attached hydrogens (primary N) is 1. The number of rotatable bonds is 8. The lowest BCUT2D eigenvalue weighted by Crippen LogP contribution is -2.31. The summed E-state index contributed by atoms with van der Waals surface area (Å²) < 4.78 is 11.4. The fraction of sp³-hybridized carbons (Fsp3) is 0.308. The van der Waals surface area contributed by atoms with Gasteiger partial charge in [0.1, 0.15) is 16.5 Å². The van der Waals surface area contributed by atoms with Crippen molar-refractivity contribution >= 4 is 50.3 Å². The Morgan fingerprint density at radius 2 is 1.68 bits per heavy atom. The minimum atomic E-state index is -0.677. The van der Waals surface area contributed by atoms with E-state index in [9.17, 15) is 9.59 Å². The normalized spacial score (nSPS) is 17.7. The van der Waals surface area contributed by atoms with Gasteiger partial charge in [-0.05, 0) is 54.3 Å². The van der Waals surface area contributed by atoms with Crippen LogP contribution in [-0.4, -0.2) is 44.4 Å². The van der Waals surface area contributed by atoms with Gasteiger partial charge in [0.15, 0.2) is 17.4 Å². The predicted octanol–water partition coefficient (Wildman–Crippen LogP) is 3.75. The Kier molecular flexibility index (Phi) is 7.99. The van der Waals surface area contributed by atoms with Crippen LogP contribution in [0.2, 0.25) is 0 Å². The molecule has 38 heavy (non-hydrogen) atoms. The number of para-hydroxylation sites is 2. The highest BCUT2D eigenvalue weighted by atomic mass is 32.2. The molecule has 0 saturated carbocycles. The third-order valence-corrected chi connectivity index (χ3v) is 7.70. The highest BCUT2D eigenvalue weighted by Gasteiger charge is 2.30. The van der Waals surface area contributed by atoms with Crippen LogP contribution in [0.25, 0.3) is 0 Å². The van der Waals surface area contributed by atoms with E-state index in [4.69, 9.17) is 20.6 Å². The van der Waals surface area contributed by atoms with Gasteiger partial charge < -0.3 is 15.2 Å². The zero-order valence-electron chi connectivity index (χ0n) is 20.4. The molecule has 0 saturated heterocycles. The summed E-state index contributed by atoms with van der Waals surface area (Å²) >= 11 is 2.32. The minimum Gasteiger partial charge on any atom is -0.480 e. The first kappa shape index (κ1) is 25.9. The number of aromatic nitrogens is 2. The van der Waals surface area contributed by atoms with Crippen molar-refractivity contribution in [2.75, 3.05) is 5.32 Å². The standard InChI is InChI=1S/C26H26N6O4S2/c27-21(37-25(28)29-23(33)19-13-15-7-1-3-9-17(15)35-19)11-5-6-12-22-31-32-26(38-22)30-24(34)20-14-16-8-2-4-10-18(16)36-20/h1-4,7-10,19-20,27H,5-6,11-14H2,(H2,28,29,33)(H,30,32,34). The second-order valence-corrected chi connectivity index (χ2v) is 11.0. The second-order valence-electron chi connectivity index (χ2n) is 8.85. The molecule has 2 atom stereocenters. The van der Waals surface area contributed by atoms with Crippen molar-refractivity contribution in [2.24, 2.45) is 10.7 Å². The van der Waals surface area contributed by atoms with Crippen LogP contribution in [0.5, 0.6) is 11.5 Å². The van der Waals surface area contributed by atoms with Gasteiger partial charge in [-0.3, -0.25) is 20.3 Å². The Balaban J connectivity index is 0.995. The number of nitrogens with zero attached hydrogens (tertiary/aromatic N) is 3. The number of carbonyl (C=O) groups is 2. The lowest BCUT2D eigenvalue weighted by Gasteiger charge is -2.08. The molecule has 2 aliphatic heterocycles. The number of hydrogen-bond donors (Lipinski definition) is 3. The fourth-order valence-electron chi connectivity index (χ4n) is 4.18. The molecule has 1 aromatic heterocycles. The van der Waals surface area contributed by atoms with Gasteiger partial charge in [0.2, 0.25) is 5.13 Å². The summed E-state index contributed by atoms with van der Waals surface area (Å²) in [4.78, 5) is 28.9. The van der Waals surface area contributed by atoms with Crippen molar-refractivity contribution in [1.29, 1.82) is 5.41 Å². The third kappa shape index (κ3) is 6.37. The van der Waals surface area contributed by atoms with Crippen molar-refractivity contribution in [3.05, 3.63) is 64.7 Å². The number of carbonyl (C=O) groups excluding carboxylic acids is 2. The van der Waals surface area contributed by atoms with Crippen LogP contribution in [0.15, 0.2) is 53.5 Å². The summed E-state index contributed by atoms with van der Waals surface area (Å²) in [5, 5.41) is 20.8. The van der Waals surface area contributed by atoms with Crippen LogP contribution in [0, 0.1) is 5.41 Å². The van der Waals surface area contributed by atoms with Gasteiger partial charge in [-0.25, -0.2) is 0 Å². The topological polar surface area (TPSA) is 153 Å². The van der Waals surface area contributed by atoms with Crippen LogP contribution in [0.3, 0.4) is 0 Å². The van der Waals surface area contributed by atoms with Crippen molar-refractivity contribution < 1.29 is 19.1 Å². The van der Waals surface area contributed by atoms with E-state index in [-0.39, 0.29) is 11.1 Å². The van der Waals surface area contributed by atoms with Crippen LogP contribution in [0.4, 0.5) is 5.13 Å². The van der Waals surface area contributed by atoms with Gasteiger partial charge in [0.05, 0.1) is 5.04 Å². The summed E-state index contributed by atoms with van der Waals surface area (Å²) in [5.41, 5.74) is 7.88. The summed E-state index contributed by atoms with van der Waals surface area (Å²) in [6.45, 7) is 0. The lowest BCUT2D eigenvalue weighted by atomic mass is 10.1. The summed E-state index contributed by atoms with van der Waals surface area (Å²) in [5.74, 6) is 0.750. The molecule has 10 nitrogen and oxygen atoms in total. The van der Waals surface area contributed by atoms with Gasteiger partial charge in [-0.15, -0.1) is 10.2 Å². The molecule has 2 amide bonds. The number of thioether (sulfide) groups is 1. The van der Waals surface area contributed by atoms with Crippen molar-refractivity contribution in [3.63, 3.8) is 0 Å². The molecule has 0 aliphatic carbocycles. The molecule has 0 fully saturated rings. The van der Waals surface area contributed by atoms with E-state index in [2.05, 4.69) is 20.5 Å². The fourth-order valence-corrected chi connectivity index (χ4v) is 5.60. The Labute approximate surface area is 227 Å². The number of aliphatic imine (C=N–C) groups is 1. The molecule has 0 bridgehead atoms. The number of benzene rings is 2. The maximum absolute atomic E-state index is 12.5. The quantitative estimate of drug-likeness (QED) is 0.218. The van der Waals surface area contributed by atoms with E-state index in [1.807, 2.05) is 48.5 Å². The smallest absolute Gasteiger partial charge is 0.289 e. The Morgan fingerprint density at radius 3 is 2.39 bits per heavy atom. The molecule has 2 aliphatic rings. The van der Waals surface area contributed by atoms with Crippen LogP contribution >= 0.6 is 23.1 Å². The molecular formula is C26H26N6O4S2. The lowest BCUT2D eigenvalue weighted by molar-refractivity contribution is -0.123. The highest BCUT2D eigenvalue weighted by molar-refractivity contribution is 8.26. The molecule has 2 aromatic carbocycles. The maximum atomic E-state index is 12.5. The average molecular weight is 551 g/mol. The second kappa shape index (κ2) is 11.7. The summed E-state index contributed by atoms with van der Waals surface area (Å²) in [6.07, 6.45) is 2.46. The van der Waals surface area contributed by atoms with Crippen LogP contribution in [0.1, 0.15) is 35.4 Å². The Hall–Kier alpha value is -3.77. The first-order valence-electron chi connectivity index (χ1n) is 12.2. The Morgan fingerprint density at radius 1 is 1.03 bits per heavy atom. The van der Waals surface area contributed by atoms with E-state index in [0.29, 0.717) is 41.6 Å². The minimum absolute atomic E-state index is 0.0402. The number of ether oxygens (including phenoxy) is 2. The largest absolute Gasteiger partial charge is 0.480 e. The monoisotopic (exact) mass is 550 g/mol. The zero-order valence-corrected chi connectivity index (χ0v) is 22.0. The number of nitrogens with one attached hydrogen (secondary N) is 2. The number of aryl methyl sites for hydroxylation is 1. The van der Waals surface area contributed by atoms with Gasteiger partial charge in [0.25, 0.3) is 11.8 Å². The summed E-state index contributed by atoms with van der Waals surface area (Å²) in [7, 11) is 0. The number of unbranched alkanes of at least 4 members (excludes halogenated alkanes) is 1. The van der Waals surface area contributed by atoms with E-state index < -0.39 is 18.1 Å².